The van der Waals surface area contributed by atoms with E-state index in [-0.39, 0.29) is 10.7 Å². The zero-order chi connectivity index (χ0) is 17.4. The smallest absolute Gasteiger partial charge is 0.478 e. The fourth-order valence-corrected chi connectivity index (χ4v) is 2.46. The van der Waals surface area contributed by atoms with E-state index in [9.17, 15) is 4.79 Å². The third-order valence-electron chi connectivity index (χ3n) is 4.19. The van der Waals surface area contributed by atoms with E-state index in [0.29, 0.717) is 11.3 Å². The number of carboxylic acids is 1. The Bertz CT molecular complexity index is 647. The molecule has 23 heavy (non-hydrogen) atoms. The first-order chi connectivity index (χ1) is 10.6. The highest BCUT2D eigenvalue weighted by molar-refractivity contribution is 7.80. The van der Waals surface area contributed by atoms with E-state index in [4.69, 9.17) is 26.0 Å². The molecule has 0 atom stereocenters. The summed E-state index contributed by atoms with van der Waals surface area (Å²) in [4.78, 5) is 15.0. The molecule has 1 N–H and O–H groups in total. The molecular weight excluding hydrogens is 337 g/mol. The quantitative estimate of drug-likeness (QED) is 0.492. The van der Waals surface area contributed by atoms with Crippen molar-refractivity contribution in [2.75, 3.05) is 5.75 Å². The molecule has 124 valence electrons. The van der Waals surface area contributed by atoms with Crippen molar-refractivity contribution in [3.63, 3.8) is 0 Å². The summed E-state index contributed by atoms with van der Waals surface area (Å²) < 4.78 is 12.0. The summed E-state index contributed by atoms with van der Waals surface area (Å²) in [5.74, 6) is -0.684. The van der Waals surface area contributed by atoms with Crippen molar-refractivity contribution in [1.29, 1.82) is 0 Å². The van der Waals surface area contributed by atoms with Crippen molar-refractivity contribution in [1.82, 2.24) is 4.98 Å². The minimum atomic E-state index is -1.06. The number of hydrogen-bond donors (Lipinski definition) is 2. The highest BCUT2D eigenvalue weighted by Crippen LogP contribution is 2.39. The Labute approximate surface area is 146 Å². The van der Waals surface area contributed by atoms with Gasteiger partial charge in [0, 0.05) is 17.5 Å². The fourth-order valence-electron chi connectivity index (χ4n) is 2.07. The molecular formula is C15H19BClNO4S. The van der Waals surface area contributed by atoms with E-state index in [2.05, 4.69) is 17.6 Å². The molecule has 1 aromatic heterocycles. The molecule has 2 heterocycles. The summed E-state index contributed by atoms with van der Waals surface area (Å²) in [5.41, 5.74) is 0.367. The van der Waals surface area contributed by atoms with E-state index in [1.54, 1.807) is 6.08 Å². The lowest BCUT2D eigenvalue weighted by molar-refractivity contribution is 0.00578. The molecule has 0 aliphatic carbocycles. The van der Waals surface area contributed by atoms with Gasteiger partial charge in [-0.25, -0.2) is 9.78 Å². The molecule has 0 unspecified atom stereocenters. The molecule has 1 saturated heterocycles. The Morgan fingerprint density at radius 2 is 1.96 bits per heavy atom. The van der Waals surface area contributed by atoms with Crippen LogP contribution in [0.25, 0.3) is 6.08 Å². The van der Waals surface area contributed by atoms with Gasteiger partial charge in [-0.15, -0.1) is 0 Å². The molecule has 0 aromatic carbocycles. The maximum absolute atomic E-state index is 11.1. The van der Waals surface area contributed by atoms with Gasteiger partial charge in [0.05, 0.1) is 16.8 Å². The highest BCUT2D eigenvalue weighted by Gasteiger charge is 2.52. The van der Waals surface area contributed by atoms with Gasteiger partial charge in [-0.2, -0.15) is 12.6 Å². The zero-order valence-corrected chi connectivity index (χ0v) is 15.1. The minimum absolute atomic E-state index is 0.0630. The summed E-state index contributed by atoms with van der Waals surface area (Å²) in [6.45, 7) is 7.84. The predicted octanol–water partition coefficient (Wildman–Crippen LogP) is 3.38. The molecule has 8 heteroatoms. The van der Waals surface area contributed by atoms with Gasteiger partial charge in [-0.05, 0) is 39.2 Å². The number of thiol groups is 1. The van der Waals surface area contributed by atoms with Gasteiger partial charge in [0.1, 0.15) is 5.15 Å². The van der Waals surface area contributed by atoms with Gasteiger partial charge in [-0.1, -0.05) is 17.7 Å². The van der Waals surface area contributed by atoms with Crippen molar-refractivity contribution >= 4 is 43.4 Å². The number of aromatic carboxylic acids is 1. The van der Waals surface area contributed by atoms with Crippen LogP contribution in [-0.2, 0) is 9.31 Å². The first-order valence-corrected chi connectivity index (χ1v) is 8.14. The van der Waals surface area contributed by atoms with E-state index in [1.165, 1.54) is 12.3 Å². The number of pyridine rings is 1. The van der Waals surface area contributed by atoms with Crippen LogP contribution in [0.2, 0.25) is 5.15 Å². The van der Waals surface area contributed by atoms with E-state index in [0.717, 1.165) is 5.47 Å². The molecule has 0 saturated carbocycles. The third kappa shape index (κ3) is 3.74. The van der Waals surface area contributed by atoms with Crippen LogP contribution in [0, 0.1) is 0 Å². The van der Waals surface area contributed by atoms with Gasteiger partial charge in [0.2, 0.25) is 0 Å². The van der Waals surface area contributed by atoms with E-state index < -0.39 is 24.3 Å². The first-order valence-electron chi connectivity index (χ1n) is 7.13. The van der Waals surface area contributed by atoms with Crippen molar-refractivity contribution in [3.8, 4) is 0 Å². The van der Waals surface area contributed by atoms with Crippen LogP contribution in [-0.4, -0.2) is 40.1 Å². The average molecular weight is 356 g/mol. The van der Waals surface area contributed by atoms with E-state index in [1.807, 2.05) is 27.7 Å². The number of nitrogens with zero attached hydrogens (tertiary/aromatic N) is 1. The van der Waals surface area contributed by atoms with Crippen molar-refractivity contribution in [3.05, 3.63) is 34.0 Å². The van der Waals surface area contributed by atoms with Crippen molar-refractivity contribution in [2.24, 2.45) is 0 Å². The van der Waals surface area contributed by atoms with Crippen LogP contribution in [0.3, 0.4) is 0 Å². The Kier molecular flexibility index (Phi) is 5.16. The molecule has 2 rings (SSSR count). The SMILES string of the molecule is CC1(C)OB(C(=Cc2cc(C(=O)O)cnc2Cl)CS)OC1(C)C. The average Bonchev–Trinajstić information content (AvgIpc) is 2.66. The largest absolute Gasteiger partial charge is 0.491 e. The molecule has 0 bridgehead atoms. The molecule has 1 aromatic rings. The maximum Gasteiger partial charge on any atom is 0.491 e. The molecule has 0 radical (unpaired) electrons. The Morgan fingerprint density at radius 3 is 2.43 bits per heavy atom. The number of carbonyl (C=O) groups is 1. The number of halogens is 1. The Hall–Kier alpha value is -1.02. The minimum Gasteiger partial charge on any atom is -0.478 e. The predicted molar refractivity (Wildman–Crippen MR) is 94.1 cm³/mol. The zero-order valence-electron chi connectivity index (χ0n) is 13.5. The van der Waals surface area contributed by atoms with Gasteiger partial charge < -0.3 is 14.4 Å². The first kappa shape index (κ1) is 18.3. The topological polar surface area (TPSA) is 68.7 Å². The summed E-state index contributed by atoms with van der Waals surface area (Å²) in [7, 11) is -0.568. The van der Waals surface area contributed by atoms with Gasteiger partial charge >= 0.3 is 13.1 Å². The lowest BCUT2D eigenvalue weighted by Gasteiger charge is -2.32. The van der Waals surface area contributed by atoms with Gasteiger partial charge in [-0.3, -0.25) is 0 Å². The van der Waals surface area contributed by atoms with Crippen LogP contribution < -0.4 is 0 Å². The Balaban J connectivity index is 2.37. The van der Waals surface area contributed by atoms with Crippen molar-refractivity contribution < 1.29 is 19.2 Å². The number of aromatic nitrogens is 1. The van der Waals surface area contributed by atoms with Crippen LogP contribution in [0.5, 0.6) is 0 Å². The summed E-state index contributed by atoms with van der Waals surface area (Å²) in [5, 5.41) is 9.29. The van der Waals surface area contributed by atoms with Crippen molar-refractivity contribution in [2.45, 2.75) is 38.9 Å². The van der Waals surface area contributed by atoms with Crippen LogP contribution in [0.4, 0.5) is 0 Å². The monoisotopic (exact) mass is 355 g/mol. The standard InChI is InChI=1S/C15H19BClNO4S/c1-14(2)15(3,4)22-16(21-14)11(8-23)6-9-5-10(13(19)20)7-18-12(9)17/h5-7,23H,8H2,1-4H3,(H,19,20). The lowest BCUT2D eigenvalue weighted by Crippen LogP contribution is -2.41. The van der Waals surface area contributed by atoms with E-state index >= 15 is 0 Å². The molecule has 1 aliphatic heterocycles. The molecule has 0 amide bonds. The maximum atomic E-state index is 11.1. The summed E-state index contributed by atoms with van der Waals surface area (Å²) in [6, 6.07) is 1.46. The second-order valence-electron chi connectivity index (χ2n) is 6.37. The molecule has 1 aliphatic rings. The van der Waals surface area contributed by atoms with Gasteiger partial charge in [0.15, 0.2) is 0 Å². The third-order valence-corrected chi connectivity index (χ3v) is 4.87. The second-order valence-corrected chi connectivity index (χ2v) is 7.05. The molecule has 5 nitrogen and oxygen atoms in total. The van der Waals surface area contributed by atoms with Crippen LogP contribution in [0.15, 0.2) is 17.7 Å². The number of rotatable bonds is 4. The number of carboxylic acid groups (broad SMARTS) is 1. The summed E-state index contributed by atoms with van der Waals surface area (Å²) in [6.07, 6.45) is 2.94. The molecule has 0 spiro atoms. The van der Waals surface area contributed by atoms with Gasteiger partial charge in [0.25, 0.3) is 0 Å². The lowest BCUT2D eigenvalue weighted by atomic mass is 9.78. The fraction of sp³-hybridized carbons (Fsp3) is 0.467. The van der Waals surface area contributed by atoms with Crippen LogP contribution >= 0.6 is 24.2 Å². The summed E-state index contributed by atoms with van der Waals surface area (Å²) >= 11 is 10.4. The Morgan fingerprint density at radius 1 is 1.39 bits per heavy atom. The second kappa shape index (κ2) is 6.47. The number of hydrogen-bond acceptors (Lipinski definition) is 5. The van der Waals surface area contributed by atoms with Crippen LogP contribution in [0.1, 0.15) is 43.6 Å². The normalized spacial score (nSPS) is 19.9. The highest BCUT2D eigenvalue weighted by atomic mass is 35.5. The molecule has 1 fully saturated rings.